The minimum atomic E-state index is -2.63. The second kappa shape index (κ2) is 12.1. The lowest BCUT2D eigenvalue weighted by Crippen LogP contribution is -2.36. The van der Waals surface area contributed by atoms with Crippen molar-refractivity contribution >= 4 is 23.4 Å². The predicted molar refractivity (Wildman–Crippen MR) is 147 cm³/mol. The summed E-state index contributed by atoms with van der Waals surface area (Å²) in [6, 6.07) is 12.1. The molecule has 0 aliphatic carbocycles. The standard InChI is InChI=1S/C27H24ClFN8O4/c1-40-12-11-22(35-14-19(13-31-35)17-3-6-20(7-4-17)32-27(38)41-2)23-9-5-18(15-37(23)39)25-24(36-16-30-33-34-36)10-8-21(28)26(25)29/h3-10,13-16,22H,11-12H2,1-2H3,(H,32,38)/t22-/m1/s1/i1D3. The van der Waals surface area contributed by atoms with E-state index in [1.54, 1.807) is 42.7 Å². The van der Waals surface area contributed by atoms with Gasteiger partial charge in [0.15, 0.2) is 12.0 Å². The van der Waals surface area contributed by atoms with Crippen molar-refractivity contribution in [2.24, 2.45) is 0 Å². The van der Waals surface area contributed by atoms with Crippen molar-refractivity contribution < 1.29 is 27.5 Å². The summed E-state index contributed by atoms with van der Waals surface area (Å²) in [5.41, 5.74) is 2.65. The Morgan fingerprint density at radius 2 is 2.00 bits per heavy atom. The number of ether oxygens (including phenoxy) is 2. The number of rotatable bonds is 9. The largest absolute Gasteiger partial charge is 0.618 e. The molecule has 3 heterocycles. The monoisotopic (exact) mass is 581 g/mol. The van der Waals surface area contributed by atoms with Crippen LogP contribution in [0.3, 0.4) is 0 Å². The van der Waals surface area contributed by atoms with Gasteiger partial charge in [0.25, 0.3) is 0 Å². The van der Waals surface area contributed by atoms with Gasteiger partial charge in [-0.3, -0.25) is 10.00 Å². The maximum absolute atomic E-state index is 15.3. The number of aromatic nitrogens is 7. The molecule has 0 aliphatic heterocycles. The SMILES string of the molecule is [2H]C([2H])([2H])OCC[C@H](c1ccc(-c2c(-n3cnnn3)ccc(Cl)c2F)c[n+]1[O-])n1cc(-c2ccc(NC(=O)OC)cc2)cn1. The Kier molecular flexibility index (Phi) is 7.07. The zero-order valence-electron chi connectivity index (χ0n) is 24.4. The number of pyridine rings is 1. The lowest BCUT2D eigenvalue weighted by atomic mass is 10.0. The number of anilines is 1. The molecule has 0 saturated carbocycles. The molecule has 210 valence electrons. The molecule has 0 spiro atoms. The molecule has 1 atom stereocenters. The quantitative estimate of drug-likeness (QED) is 0.199. The van der Waals surface area contributed by atoms with Crippen molar-refractivity contribution in [3.05, 3.63) is 95.2 Å². The third-order valence-corrected chi connectivity index (χ3v) is 6.60. The second-order valence-corrected chi connectivity index (χ2v) is 9.14. The number of halogens is 2. The molecule has 3 aromatic heterocycles. The summed E-state index contributed by atoms with van der Waals surface area (Å²) < 4.78 is 50.4. The van der Waals surface area contributed by atoms with Crippen LogP contribution in [0.15, 0.2) is 73.4 Å². The molecule has 0 aliphatic rings. The first kappa shape index (κ1) is 24.0. The number of nitrogens with zero attached hydrogens (tertiary/aromatic N) is 7. The summed E-state index contributed by atoms with van der Waals surface area (Å²) in [5, 5.41) is 31.3. The van der Waals surface area contributed by atoms with Gasteiger partial charge in [-0.25, -0.2) is 9.18 Å². The molecule has 41 heavy (non-hydrogen) atoms. The molecule has 12 nitrogen and oxygen atoms in total. The van der Waals surface area contributed by atoms with Crippen LogP contribution in [0.1, 0.15) is 22.3 Å². The number of nitrogens with one attached hydrogen (secondary N) is 1. The minimum absolute atomic E-state index is 0.00902. The molecular formula is C27H24ClFN8O4. The van der Waals surface area contributed by atoms with Gasteiger partial charge in [0, 0.05) is 43.6 Å². The van der Waals surface area contributed by atoms with Crippen LogP contribution in [-0.2, 0) is 9.47 Å². The van der Waals surface area contributed by atoms with Crippen LogP contribution in [0, 0.1) is 11.0 Å². The van der Waals surface area contributed by atoms with E-state index in [0.29, 0.717) is 16.0 Å². The fraction of sp³-hybridized carbons (Fsp3) is 0.185. The van der Waals surface area contributed by atoms with E-state index in [1.165, 1.54) is 47.2 Å². The Morgan fingerprint density at radius 1 is 1.20 bits per heavy atom. The van der Waals surface area contributed by atoms with Gasteiger partial charge in [-0.15, -0.1) is 5.10 Å². The number of benzene rings is 2. The predicted octanol–water partition coefficient (Wildman–Crippen LogP) is 4.42. The first-order valence-corrected chi connectivity index (χ1v) is 12.5. The van der Waals surface area contributed by atoms with Crippen LogP contribution in [-0.4, -0.2) is 56.8 Å². The van der Waals surface area contributed by atoms with Crippen molar-refractivity contribution in [3.8, 4) is 27.9 Å². The summed E-state index contributed by atoms with van der Waals surface area (Å²) in [6.45, 7) is -0.210. The van der Waals surface area contributed by atoms with E-state index in [2.05, 4.69) is 30.7 Å². The smallest absolute Gasteiger partial charge is 0.411 e. The zero-order valence-corrected chi connectivity index (χ0v) is 22.2. The van der Waals surface area contributed by atoms with Gasteiger partial charge in [0.2, 0.25) is 5.69 Å². The Labute approximate surface area is 242 Å². The number of carbonyl (C=O) groups is 1. The molecule has 1 N–H and O–H groups in total. The number of methoxy groups -OCH3 is 2. The molecule has 5 aromatic rings. The van der Waals surface area contributed by atoms with E-state index >= 15 is 4.39 Å². The highest BCUT2D eigenvalue weighted by Crippen LogP contribution is 2.33. The van der Waals surface area contributed by atoms with Gasteiger partial charge in [-0.05, 0) is 46.3 Å². The molecule has 0 fully saturated rings. The van der Waals surface area contributed by atoms with Gasteiger partial charge in [0.1, 0.15) is 12.4 Å². The zero-order chi connectivity index (χ0) is 31.4. The number of tetrazole rings is 1. The Morgan fingerprint density at radius 3 is 2.71 bits per heavy atom. The summed E-state index contributed by atoms with van der Waals surface area (Å²) in [6.07, 6.45) is 5.23. The van der Waals surface area contributed by atoms with Crippen molar-refractivity contribution in [1.29, 1.82) is 0 Å². The molecule has 1 amide bonds. The molecular weight excluding hydrogens is 555 g/mol. The molecule has 0 saturated heterocycles. The lowest BCUT2D eigenvalue weighted by molar-refractivity contribution is -0.615. The maximum Gasteiger partial charge on any atom is 0.411 e. The van der Waals surface area contributed by atoms with Crippen LogP contribution < -0.4 is 10.0 Å². The molecule has 0 unspecified atom stereocenters. The van der Waals surface area contributed by atoms with E-state index in [1.807, 2.05) is 0 Å². The van der Waals surface area contributed by atoms with Crippen LogP contribution in [0.2, 0.25) is 5.02 Å². The topological polar surface area (TPSA) is 136 Å². The van der Waals surface area contributed by atoms with E-state index in [9.17, 15) is 10.0 Å². The number of amides is 1. The van der Waals surface area contributed by atoms with E-state index in [4.69, 9.17) is 20.5 Å². The van der Waals surface area contributed by atoms with Crippen LogP contribution in [0.5, 0.6) is 0 Å². The maximum atomic E-state index is 15.3. The van der Waals surface area contributed by atoms with Crippen LogP contribution in [0.4, 0.5) is 14.9 Å². The van der Waals surface area contributed by atoms with E-state index < -0.39 is 25.0 Å². The van der Waals surface area contributed by atoms with Crippen molar-refractivity contribution in [2.75, 3.05) is 26.1 Å². The summed E-state index contributed by atoms with van der Waals surface area (Å²) in [4.78, 5) is 11.5. The summed E-state index contributed by atoms with van der Waals surface area (Å²) in [5.74, 6) is -0.764. The normalized spacial score (nSPS) is 13.2. The lowest BCUT2D eigenvalue weighted by Gasteiger charge is -2.18. The van der Waals surface area contributed by atoms with Gasteiger partial charge in [0.05, 0.1) is 39.3 Å². The average Bonchev–Trinajstić information content (AvgIpc) is 3.70. The second-order valence-electron chi connectivity index (χ2n) is 8.73. The van der Waals surface area contributed by atoms with Crippen molar-refractivity contribution in [1.82, 2.24) is 30.0 Å². The highest BCUT2D eigenvalue weighted by molar-refractivity contribution is 6.31. The summed E-state index contributed by atoms with van der Waals surface area (Å²) >= 11 is 6.07. The first-order valence-electron chi connectivity index (χ1n) is 13.6. The highest BCUT2D eigenvalue weighted by atomic mass is 35.5. The van der Waals surface area contributed by atoms with Crippen molar-refractivity contribution in [3.63, 3.8) is 0 Å². The van der Waals surface area contributed by atoms with Gasteiger partial charge >= 0.3 is 6.09 Å². The third kappa shape index (κ3) is 5.85. The molecule has 0 bridgehead atoms. The number of hydrogen-bond donors (Lipinski definition) is 1. The molecule has 5 rings (SSSR count). The number of hydrogen-bond acceptors (Lipinski definition) is 8. The average molecular weight is 582 g/mol. The molecule has 2 aromatic carbocycles. The van der Waals surface area contributed by atoms with Crippen LogP contribution in [0.25, 0.3) is 27.9 Å². The fourth-order valence-electron chi connectivity index (χ4n) is 4.33. The van der Waals surface area contributed by atoms with Crippen LogP contribution >= 0.6 is 11.6 Å². The van der Waals surface area contributed by atoms with Crippen molar-refractivity contribution in [2.45, 2.75) is 12.5 Å². The Bertz CT molecular complexity index is 1770. The minimum Gasteiger partial charge on any atom is -0.618 e. The number of carbonyl (C=O) groups excluding carboxylic acids is 1. The van der Waals surface area contributed by atoms with Gasteiger partial charge in [-0.1, -0.05) is 23.7 Å². The third-order valence-electron chi connectivity index (χ3n) is 6.31. The summed E-state index contributed by atoms with van der Waals surface area (Å²) in [7, 11) is -1.37. The van der Waals surface area contributed by atoms with E-state index in [0.717, 1.165) is 5.56 Å². The van der Waals surface area contributed by atoms with E-state index in [-0.39, 0.29) is 40.6 Å². The Hall–Kier alpha value is -4.88. The Balaban J connectivity index is 1.49. The van der Waals surface area contributed by atoms with Gasteiger partial charge < -0.3 is 14.7 Å². The molecule has 0 radical (unpaired) electrons. The molecule has 14 heteroatoms. The highest BCUT2D eigenvalue weighted by Gasteiger charge is 2.25. The van der Waals surface area contributed by atoms with Gasteiger partial charge in [-0.2, -0.15) is 14.5 Å². The fourth-order valence-corrected chi connectivity index (χ4v) is 4.49. The first-order chi connectivity index (χ1) is 21.0.